The third kappa shape index (κ3) is 2.66. The smallest absolute Gasteiger partial charge is 0.414 e. The topological polar surface area (TPSA) is 29.5 Å². The highest BCUT2D eigenvalue weighted by atomic mass is 16.6. The standard InChI is InChI=1S/C18H25NO2/c1-12(2)21-18(20)19-11-5-4-6-15-10-9-14-8-7-13(3)16(14)17(15)19/h9-10,12-13H,4-8,11H2,1-3H3. The molecule has 1 amide bonds. The number of anilines is 1. The molecule has 0 spiro atoms. The molecule has 2 aliphatic rings. The van der Waals surface area contributed by atoms with Gasteiger partial charge in [0, 0.05) is 6.54 Å². The lowest BCUT2D eigenvalue weighted by Gasteiger charge is -2.27. The lowest BCUT2D eigenvalue weighted by Crippen LogP contribution is -2.34. The highest BCUT2D eigenvalue weighted by Gasteiger charge is 2.31. The molecule has 0 aromatic heterocycles. The second kappa shape index (κ2) is 5.70. The maximum atomic E-state index is 12.5. The molecule has 21 heavy (non-hydrogen) atoms. The third-order valence-corrected chi connectivity index (χ3v) is 4.64. The molecule has 3 rings (SSSR count). The predicted octanol–water partition coefficient (Wildman–Crippen LogP) is 4.42. The molecule has 1 unspecified atom stereocenters. The fourth-order valence-corrected chi connectivity index (χ4v) is 3.64. The maximum absolute atomic E-state index is 12.5. The van der Waals surface area contributed by atoms with Crippen LogP contribution in [0.25, 0.3) is 0 Å². The molecule has 3 nitrogen and oxygen atoms in total. The summed E-state index contributed by atoms with van der Waals surface area (Å²) in [5.74, 6) is 0.544. The summed E-state index contributed by atoms with van der Waals surface area (Å²) in [5, 5.41) is 0. The van der Waals surface area contributed by atoms with E-state index >= 15 is 0 Å². The van der Waals surface area contributed by atoms with Crippen molar-refractivity contribution in [2.75, 3.05) is 11.4 Å². The number of hydrogen-bond acceptors (Lipinski definition) is 2. The Morgan fingerprint density at radius 1 is 1.24 bits per heavy atom. The summed E-state index contributed by atoms with van der Waals surface area (Å²) < 4.78 is 5.48. The second-order valence-electron chi connectivity index (χ2n) is 6.63. The summed E-state index contributed by atoms with van der Waals surface area (Å²) in [7, 11) is 0. The minimum atomic E-state index is -0.180. The first kappa shape index (κ1) is 14.4. The van der Waals surface area contributed by atoms with E-state index in [1.54, 1.807) is 0 Å². The summed E-state index contributed by atoms with van der Waals surface area (Å²) in [6, 6.07) is 4.50. The van der Waals surface area contributed by atoms with E-state index in [0.29, 0.717) is 5.92 Å². The van der Waals surface area contributed by atoms with Crippen LogP contribution >= 0.6 is 0 Å². The van der Waals surface area contributed by atoms with E-state index in [4.69, 9.17) is 4.74 Å². The van der Waals surface area contributed by atoms with Gasteiger partial charge in [-0.1, -0.05) is 19.1 Å². The largest absolute Gasteiger partial charge is 0.446 e. The Morgan fingerprint density at radius 3 is 2.76 bits per heavy atom. The Hall–Kier alpha value is -1.51. The number of nitrogens with zero attached hydrogens (tertiary/aromatic N) is 1. The van der Waals surface area contributed by atoms with E-state index in [2.05, 4.69) is 19.1 Å². The molecule has 1 aliphatic carbocycles. The van der Waals surface area contributed by atoms with Crippen LogP contribution in [-0.2, 0) is 17.6 Å². The molecular formula is C18H25NO2. The van der Waals surface area contributed by atoms with Crippen LogP contribution in [0.1, 0.15) is 62.6 Å². The Balaban J connectivity index is 2.06. The van der Waals surface area contributed by atoms with Crippen LogP contribution in [0.4, 0.5) is 10.5 Å². The van der Waals surface area contributed by atoms with E-state index < -0.39 is 0 Å². The van der Waals surface area contributed by atoms with Gasteiger partial charge < -0.3 is 4.74 Å². The monoisotopic (exact) mass is 287 g/mol. The molecule has 114 valence electrons. The number of fused-ring (bicyclic) bond motifs is 3. The zero-order valence-corrected chi connectivity index (χ0v) is 13.3. The van der Waals surface area contributed by atoms with Crippen molar-refractivity contribution in [2.45, 2.75) is 64.9 Å². The molecule has 0 bridgehead atoms. The minimum Gasteiger partial charge on any atom is -0.446 e. The van der Waals surface area contributed by atoms with Gasteiger partial charge in [0.25, 0.3) is 0 Å². The number of amides is 1. The first-order valence-corrected chi connectivity index (χ1v) is 8.20. The summed E-state index contributed by atoms with van der Waals surface area (Å²) in [6.45, 7) is 6.88. The zero-order valence-electron chi connectivity index (χ0n) is 13.3. The number of hydrogen-bond donors (Lipinski definition) is 0. The second-order valence-corrected chi connectivity index (χ2v) is 6.63. The van der Waals surface area contributed by atoms with Gasteiger partial charge in [-0.25, -0.2) is 4.79 Å². The van der Waals surface area contributed by atoms with Crippen molar-refractivity contribution in [1.82, 2.24) is 0 Å². The van der Waals surface area contributed by atoms with Crippen molar-refractivity contribution in [3.8, 4) is 0 Å². The van der Waals surface area contributed by atoms with Crippen LogP contribution < -0.4 is 4.90 Å². The highest BCUT2D eigenvalue weighted by Crippen LogP contribution is 2.43. The van der Waals surface area contributed by atoms with Gasteiger partial charge in [-0.2, -0.15) is 0 Å². The number of carbonyl (C=O) groups is 1. The van der Waals surface area contributed by atoms with Crippen molar-refractivity contribution in [3.05, 3.63) is 28.8 Å². The Kier molecular flexibility index (Phi) is 3.92. The molecule has 0 N–H and O–H groups in total. The number of ether oxygens (including phenoxy) is 1. The molecule has 3 heteroatoms. The van der Waals surface area contributed by atoms with Crippen LogP contribution in [-0.4, -0.2) is 18.7 Å². The van der Waals surface area contributed by atoms with Crippen LogP contribution in [0.15, 0.2) is 12.1 Å². The summed E-state index contributed by atoms with van der Waals surface area (Å²) in [5.41, 5.74) is 5.31. The van der Waals surface area contributed by atoms with Gasteiger partial charge in [0.05, 0.1) is 11.8 Å². The van der Waals surface area contributed by atoms with Crippen molar-refractivity contribution >= 4 is 11.8 Å². The van der Waals surface area contributed by atoms with Crippen LogP contribution in [0.2, 0.25) is 0 Å². The summed E-state index contributed by atoms with van der Waals surface area (Å²) >= 11 is 0. The average Bonchev–Trinajstić information content (AvgIpc) is 2.69. The Morgan fingerprint density at radius 2 is 2.00 bits per heavy atom. The molecule has 0 saturated carbocycles. The fourth-order valence-electron chi connectivity index (χ4n) is 3.64. The van der Waals surface area contributed by atoms with E-state index in [1.165, 1.54) is 28.8 Å². The zero-order chi connectivity index (χ0) is 15.0. The maximum Gasteiger partial charge on any atom is 0.414 e. The van der Waals surface area contributed by atoms with Gasteiger partial charge in [-0.15, -0.1) is 0 Å². The van der Waals surface area contributed by atoms with Gasteiger partial charge in [-0.3, -0.25) is 4.90 Å². The van der Waals surface area contributed by atoms with Crippen molar-refractivity contribution in [1.29, 1.82) is 0 Å². The number of benzene rings is 1. The van der Waals surface area contributed by atoms with Gasteiger partial charge in [-0.05, 0) is 68.6 Å². The molecule has 0 saturated heterocycles. The van der Waals surface area contributed by atoms with Gasteiger partial charge >= 0.3 is 6.09 Å². The van der Waals surface area contributed by atoms with E-state index in [9.17, 15) is 4.79 Å². The number of carbonyl (C=O) groups excluding carboxylic acids is 1. The first-order chi connectivity index (χ1) is 10.1. The molecular weight excluding hydrogens is 262 g/mol. The van der Waals surface area contributed by atoms with Gasteiger partial charge in [0.15, 0.2) is 0 Å². The Labute approximate surface area is 127 Å². The van der Waals surface area contributed by atoms with E-state index in [1.807, 2.05) is 18.7 Å². The van der Waals surface area contributed by atoms with E-state index in [0.717, 1.165) is 32.2 Å². The molecule has 1 aromatic carbocycles. The van der Waals surface area contributed by atoms with Crippen molar-refractivity contribution < 1.29 is 9.53 Å². The SMILES string of the molecule is CC(C)OC(=O)N1CCCCc2ccc3c(c21)C(C)CC3. The van der Waals surface area contributed by atoms with E-state index in [-0.39, 0.29) is 12.2 Å². The molecule has 1 aliphatic heterocycles. The molecule has 0 fully saturated rings. The average molecular weight is 287 g/mol. The van der Waals surface area contributed by atoms with Gasteiger partial charge in [0.2, 0.25) is 0 Å². The first-order valence-electron chi connectivity index (χ1n) is 8.20. The molecule has 1 heterocycles. The lowest BCUT2D eigenvalue weighted by molar-refractivity contribution is 0.122. The van der Waals surface area contributed by atoms with Crippen molar-refractivity contribution in [3.63, 3.8) is 0 Å². The molecule has 1 atom stereocenters. The normalized spacial score (nSPS) is 21.0. The molecule has 0 radical (unpaired) electrons. The lowest BCUT2D eigenvalue weighted by atomic mass is 9.95. The van der Waals surface area contributed by atoms with Gasteiger partial charge in [0.1, 0.15) is 0 Å². The highest BCUT2D eigenvalue weighted by molar-refractivity contribution is 5.91. The van der Waals surface area contributed by atoms with Crippen LogP contribution in [0, 0.1) is 0 Å². The quantitative estimate of drug-likeness (QED) is 0.765. The summed E-state index contributed by atoms with van der Waals surface area (Å²) in [4.78, 5) is 14.4. The van der Waals surface area contributed by atoms with Crippen LogP contribution in [0.5, 0.6) is 0 Å². The van der Waals surface area contributed by atoms with Crippen molar-refractivity contribution in [2.24, 2.45) is 0 Å². The van der Waals surface area contributed by atoms with Crippen LogP contribution in [0.3, 0.4) is 0 Å². The minimum absolute atomic E-state index is 0.0709. The predicted molar refractivity (Wildman–Crippen MR) is 85.1 cm³/mol. The third-order valence-electron chi connectivity index (χ3n) is 4.64. The fraction of sp³-hybridized carbons (Fsp3) is 0.611. The Bertz CT molecular complexity index is 550. The molecule has 1 aromatic rings. The number of aryl methyl sites for hydroxylation is 2. The summed E-state index contributed by atoms with van der Waals surface area (Å²) in [6.07, 6.45) is 5.34. The number of rotatable bonds is 1.